The maximum atomic E-state index is 11.8. The molecule has 0 aliphatic carbocycles. The zero-order chi connectivity index (χ0) is 25.7. The fraction of sp³-hybridized carbons (Fsp3) is 0.300. The summed E-state index contributed by atoms with van der Waals surface area (Å²) in [6.45, 7) is 7.28. The van der Waals surface area contributed by atoms with Crippen LogP contribution in [-0.2, 0) is 6.54 Å². The predicted molar refractivity (Wildman–Crippen MR) is 148 cm³/mol. The van der Waals surface area contributed by atoms with Crippen LogP contribution in [0.2, 0.25) is 0 Å². The molecule has 0 bridgehead atoms. The van der Waals surface area contributed by atoms with E-state index in [4.69, 9.17) is 15.8 Å². The van der Waals surface area contributed by atoms with E-state index in [-0.39, 0.29) is 0 Å². The minimum atomic E-state index is -0.403. The lowest BCUT2D eigenvalue weighted by atomic mass is 9.93. The summed E-state index contributed by atoms with van der Waals surface area (Å²) in [5.41, 5.74) is 14.4. The Bertz CT molecular complexity index is 1640. The number of carbonyl (C=O) groups is 1. The van der Waals surface area contributed by atoms with Crippen molar-refractivity contribution in [1.82, 2.24) is 24.6 Å². The maximum absolute atomic E-state index is 11.8. The second-order valence-corrected chi connectivity index (χ2v) is 10.4. The van der Waals surface area contributed by atoms with Gasteiger partial charge in [0.1, 0.15) is 5.65 Å². The third-order valence-electron chi connectivity index (χ3n) is 8.12. The number of rotatable bonds is 5. The molecule has 2 aromatic carbocycles. The molecule has 5 aromatic rings. The Morgan fingerprint density at radius 3 is 2.62 bits per heavy atom. The van der Waals surface area contributed by atoms with Crippen LogP contribution in [0.25, 0.3) is 44.2 Å². The molecular weight excluding hydrogens is 460 g/mol. The summed E-state index contributed by atoms with van der Waals surface area (Å²) >= 11 is 0. The molecule has 3 N–H and O–H groups in total. The molecule has 4 heterocycles. The first-order valence-electron chi connectivity index (χ1n) is 12.9. The van der Waals surface area contributed by atoms with Crippen LogP contribution in [0.15, 0.2) is 55.0 Å². The van der Waals surface area contributed by atoms with Gasteiger partial charge in [0.15, 0.2) is 0 Å². The van der Waals surface area contributed by atoms with Crippen molar-refractivity contribution in [3.8, 4) is 22.3 Å². The molecule has 1 aliphatic heterocycles. The number of aromatic amines is 1. The van der Waals surface area contributed by atoms with Gasteiger partial charge in [-0.05, 0) is 99.3 Å². The second-order valence-electron chi connectivity index (χ2n) is 10.4. The van der Waals surface area contributed by atoms with E-state index < -0.39 is 5.91 Å². The normalized spacial score (nSPS) is 15.1. The van der Waals surface area contributed by atoms with Crippen molar-refractivity contribution in [3.05, 3.63) is 71.7 Å². The summed E-state index contributed by atoms with van der Waals surface area (Å²) in [6.07, 6.45) is 8.34. The number of benzene rings is 2. The van der Waals surface area contributed by atoms with Gasteiger partial charge in [-0.1, -0.05) is 12.1 Å². The molecule has 3 aromatic heterocycles. The number of nitrogens with two attached hydrogens (primary N) is 1. The van der Waals surface area contributed by atoms with Crippen molar-refractivity contribution >= 4 is 27.8 Å². The Hall–Kier alpha value is -3.97. The van der Waals surface area contributed by atoms with Crippen LogP contribution in [0.4, 0.5) is 0 Å². The summed E-state index contributed by atoms with van der Waals surface area (Å²) in [5, 5.41) is 6.92. The SMILES string of the molecule is Cc1c(C(N)=O)ccc(-c2c[nH]c3ncc(-c4ccc5c(cnn5CC5CCN(C)CC5)c4)cc23)c1C. The number of aromatic nitrogens is 4. The van der Waals surface area contributed by atoms with Crippen LogP contribution < -0.4 is 5.73 Å². The summed E-state index contributed by atoms with van der Waals surface area (Å²) in [7, 11) is 2.20. The number of carbonyl (C=O) groups excluding carboxylic acids is 1. The quantitative estimate of drug-likeness (QED) is 0.348. The van der Waals surface area contributed by atoms with Gasteiger partial charge in [0.25, 0.3) is 0 Å². The number of pyridine rings is 1. The van der Waals surface area contributed by atoms with E-state index in [9.17, 15) is 4.79 Å². The molecular formula is C30H32N6O. The Morgan fingerprint density at radius 1 is 1.03 bits per heavy atom. The monoisotopic (exact) mass is 492 g/mol. The fourth-order valence-electron chi connectivity index (χ4n) is 5.66. The molecule has 1 amide bonds. The summed E-state index contributed by atoms with van der Waals surface area (Å²) in [4.78, 5) is 22.2. The molecule has 6 rings (SSSR count). The van der Waals surface area contributed by atoms with E-state index in [1.165, 1.54) is 31.4 Å². The Balaban J connectivity index is 1.34. The van der Waals surface area contributed by atoms with E-state index >= 15 is 0 Å². The third kappa shape index (κ3) is 4.19. The zero-order valence-corrected chi connectivity index (χ0v) is 21.6. The van der Waals surface area contributed by atoms with Crippen molar-refractivity contribution < 1.29 is 4.79 Å². The van der Waals surface area contributed by atoms with Gasteiger partial charge >= 0.3 is 0 Å². The lowest BCUT2D eigenvalue weighted by molar-refractivity contribution is 0.0999. The highest BCUT2D eigenvalue weighted by Gasteiger charge is 2.19. The summed E-state index contributed by atoms with van der Waals surface area (Å²) in [5.74, 6) is 0.279. The lowest BCUT2D eigenvalue weighted by Crippen LogP contribution is -2.32. The van der Waals surface area contributed by atoms with Crippen LogP contribution >= 0.6 is 0 Å². The maximum Gasteiger partial charge on any atom is 0.248 e. The molecule has 0 unspecified atom stereocenters. The molecule has 0 radical (unpaired) electrons. The number of likely N-dealkylation sites (tertiary alicyclic amines) is 1. The zero-order valence-electron chi connectivity index (χ0n) is 21.6. The average Bonchev–Trinajstić information content (AvgIpc) is 3.50. The highest BCUT2D eigenvalue weighted by molar-refractivity contribution is 6.00. The first-order valence-corrected chi connectivity index (χ1v) is 12.9. The minimum absolute atomic E-state index is 0.403. The van der Waals surface area contributed by atoms with Gasteiger partial charge < -0.3 is 15.6 Å². The fourth-order valence-corrected chi connectivity index (χ4v) is 5.66. The van der Waals surface area contributed by atoms with Crippen molar-refractivity contribution in [2.24, 2.45) is 11.7 Å². The molecule has 37 heavy (non-hydrogen) atoms. The van der Waals surface area contributed by atoms with Gasteiger partial charge in [0.2, 0.25) is 5.91 Å². The van der Waals surface area contributed by atoms with E-state index in [1.807, 2.05) is 44.6 Å². The molecule has 0 atom stereocenters. The van der Waals surface area contributed by atoms with Crippen LogP contribution in [0.5, 0.6) is 0 Å². The minimum Gasteiger partial charge on any atom is -0.366 e. The topological polar surface area (TPSA) is 92.8 Å². The number of nitrogens with zero attached hydrogens (tertiary/aromatic N) is 4. The highest BCUT2D eigenvalue weighted by atomic mass is 16.1. The van der Waals surface area contributed by atoms with E-state index in [1.54, 1.807) is 0 Å². The number of amides is 1. The Morgan fingerprint density at radius 2 is 1.84 bits per heavy atom. The van der Waals surface area contributed by atoms with E-state index in [0.29, 0.717) is 11.5 Å². The largest absolute Gasteiger partial charge is 0.366 e. The lowest BCUT2D eigenvalue weighted by Gasteiger charge is -2.28. The Labute approximate surface area is 216 Å². The molecule has 0 saturated carbocycles. The average molecular weight is 493 g/mol. The molecule has 7 heteroatoms. The second kappa shape index (κ2) is 9.16. The number of fused-ring (bicyclic) bond motifs is 2. The molecule has 188 valence electrons. The van der Waals surface area contributed by atoms with Gasteiger partial charge in [-0.15, -0.1) is 0 Å². The van der Waals surface area contributed by atoms with Gasteiger partial charge in [0, 0.05) is 46.4 Å². The summed E-state index contributed by atoms with van der Waals surface area (Å²) < 4.78 is 2.17. The molecule has 7 nitrogen and oxygen atoms in total. The first kappa shape index (κ1) is 23.4. The summed E-state index contributed by atoms with van der Waals surface area (Å²) in [6, 6.07) is 12.5. The highest BCUT2D eigenvalue weighted by Crippen LogP contribution is 2.35. The smallest absolute Gasteiger partial charge is 0.248 e. The number of hydrogen-bond donors (Lipinski definition) is 2. The number of nitrogens with one attached hydrogen (secondary N) is 1. The Kier molecular flexibility index (Phi) is 5.80. The van der Waals surface area contributed by atoms with Gasteiger partial charge in [0.05, 0.1) is 11.7 Å². The number of hydrogen-bond acceptors (Lipinski definition) is 4. The van der Waals surface area contributed by atoms with Crippen molar-refractivity contribution in [1.29, 1.82) is 0 Å². The third-order valence-corrected chi connectivity index (χ3v) is 8.12. The van der Waals surface area contributed by atoms with Crippen LogP contribution in [0, 0.1) is 19.8 Å². The van der Waals surface area contributed by atoms with Gasteiger partial charge in [-0.2, -0.15) is 5.10 Å². The standard InChI is InChI=1S/C30H32N6O/c1-18-19(2)25(29(31)37)6-5-24(18)27-16-33-30-26(27)13-22(14-32-30)21-4-7-28-23(12-21)15-34-36(28)17-20-8-10-35(3)11-9-20/h4-7,12-16,20H,8-11,17H2,1-3H3,(H2,31,37)(H,32,33). The van der Waals surface area contributed by atoms with Crippen molar-refractivity contribution in [3.63, 3.8) is 0 Å². The van der Waals surface area contributed by atoms with Gasteiger partial charge in [-0.25, -0.2) is 4.98 Å². The number of primary amides is 1. The predicted octanol–water partition coefficient (Wildman–Crippen LogP) is 5.30. The van der Waals surface area contributed by atoms with E-state index in [0.717, 1.165) is 56.3 Å². The van der Waals surface area contributed by atoms with Gasteiger partial charge in [-0.3, -0.25) is 9.48 Å². The van der Waals surface area contributed by atoms with Crippen LogP contribution in [0.3, 0.4) is 0 Å². The van der Waals surface area contributed by atoms with Crippen LogP contribution in [-0.4, -0.2) is 50.7 Å². The molecule has 1 aliphatic rings. The molecule has 1 saturated heterocycles. The first-order chi connectivity index (χ1) is 17.9. The number of piperidine rings is 1. The van der Waals surface area contributed by atoms with Crippen molar-refractivity contribution in [2.75, 3.05) is 20.1 Å². The van der Waals surface area contributed by atoms with E-state index in [2.05, 4.69) is 45.9 Å². The van der Waals surface area contributed by atoms with Crippen LogP contribution in [0.1, 0.15) is 34.3 Å². The number of H-pyrrole nitrogens is 1. The molecule has 0 spiro atoms. The van der Waals surface area contributed by atoms with Crippen molar-refractivity contribution in [2.45, 2.75) is 33.2 Å². The molecule has 1 fully saturated rings.